The molecule has 0 saturated heterocycles. The van der Waals surface area contributed by atoms with Crippen LogP contribution in [0.3, 0.4) is 0 Å². The average molecular weight is 350 g/mol. The lowest BCUT2D eigenvalue weighted by molar-refractivity contribution is 0.0701. The van der Waals surface area contributed by atoms with E-state index in [9.17, 15) is 14.0 Å². The highest BCUT2D eigenvalue weighted by molar-refractivity contribution is 6.14. The van der Waals surface area contributed by atoms with Crippen LogP contribution < -0.4 is 9.47 Å². The largest absolute Gasteiger partial charge is 0.457 e. The van der Waals surface area contributed by atoms with Crippen LogP contribution in [0.15, 0.2) is 71.0 Å². The third-order valence-electron chi connectivity index (χ3n) is 3.72. The number of hydrogen-bond donors (Lipinski definition) is 0. The summed E-state index contributed by atoms with van der Waals surface area (Å²) in [5, 5.41) is 0. The summed E-state index contributed by atoms with van der Waals surface area (Å²) < 4.78 is 29.0. The Balaban J connectivity index is 1.58. The van der Waals surface area contributed by atoms with Crippen molar-refractivity contribution in [3.63, 3.8) is 0 Å². The molecule has 2 aromatic carbocycles. The van der Waals surface area contributed by atoms with Gasteiger partial charge in [0.05, 0.1) is 11.8 Å². The number of hydrogen-bond acceptors (Lipinski definition) is 5. The molecular weight excluding hydrogens is 339 g/mol. The van der Waals surface area contributed by atoms with Gasteiger partial charge >= 0.3 is 5.97 Å². The molecule has 1 aromatic heterocycles. The van der Waals surface area contributed by atoms with Gasteiger partial charge in [0, 0.05) is 6.07 Å². The normalized spacial score (nSPS) is 14.2. The standard InChI is InChI=1S/C20H11FO5/c21-13-4-1-3-12(9-13)10-18-19(22)15-7-6-14(11-17(15)26-18)25-20(23)16-5-2-8-24-16/h1-11H. The van der Waals surface area contributed by atoms with Gasteiger partial charge in [0.2, 0.25) is 11.5 Å². The molecule has 0 spiro atoms. The van der Waals surface area contributed by atoms with Crippen LogP contribution in [0.5, 0.6) is 11.5 Å². The van der Waals surface area contributed by atoms with Crippen molar-refractivity contribution in [2.75, 3.05) is 0 Å². The molecule has 0 amide bonds. The van der Waals surface area contributed by atoms with Gasteiger partial charge in [0.25, 0.3) is 0 Å². The molecule has 1 aliphatic heterocycles. The Bertz CT molecular complexity index is 1030. The van der Waals surface area contributed by atoms with Gasteiger partial charge in [-0.05, 0) is 48.0 Å². The lowest BCUT2D eigenvalue weighted by Gasteiger charge is -2.04. The van der Waals surface area contributed by atoms with Crippen molar-refractivity contribution < 1.29 is 27.9 Å². The molecule has 0 saturated carbocycles. The lowest BCUT2D eigenvalue weighted by atomic mass is 10.1. The van der Waals surface area contributed by atoms with Crippen LogP contribution in [-0.2, 0) is 0 Å². The number of carbonyl (C=O) groups is 2. The molecular formula is C20H11FO5. The minimum absolute atomic E-state index is 0.0641. The lowest BCUT2D eigenvalue weighted by Crippen LogP contribution is -2.07. The van der Waals surface area contributed by atoms with Crippen molar-refractivity contribution >= 4 is 17.8 Å². The highest BCUT2D eigenvalue weighted by Gasteiger charge is 2.28. The first-order valence-corrected chi connectivity index (χ1v) is 7.70. The molecule has 0 N–H and O–H groups in total. The number of allylic oxidation sites excluding steroid dienone is 1. The third-order valence-corrected chi connectivity index (χ3v) is 3.72. The summed E-state index contributed by atoms with van der Waals surface area (Å²) in [5.41, 5.74) is 0.844. The maximum absolute atomic E-state index is 13.3. The van der Waals surface area contributed by atoms with Crippen molar-refractivity contribution in [3.05, 3.63) is 89.3 Å². The fraction of sp³-hybridized carbons (Fsp3) is 0. The molecule has 6 heteroatoms. The minimum atomic E-state index is -0.658. The monoisotopic (exact) mass is 350 g/mol. The molecule has 3 aromatic rings. The highest BCUT2D eigenvalue weighted by Crippen LogP contribution is 2.35. The number of Topliss-reactive ketones (excluding diaryl/α,β-unsaturated/α-hetero) is 1. The number of furan rings is 1. The number of ether oxygens (including phenoxy) is 2. The Labute approximate surface area is 147 Å². The molecule has 0 atom stereocenters. The summed E-state index contributed by atoms with van der Waals surface area (Å²) in [6.45, 7) is 0. The van der Waals surface area contributed by atoms with Crippen molar-refractivity contribution in [2.45, 2.75) is 0 Å². The van der Waals surface area contributed by atoms with E-state index in [2.05, 4.69) is 0 Å². The number of esters is 1. The van der Waals surface area contributed by atoms with E-state index >= 15 is 0 Å². The van der Waals surface area contributed by atoms with Crippen LogP contribution in [0.25, 0.3) is 6.08 Å². The number of carbonyl (C=O) groups excluding carboxylic acids is 2. The first-order chi connectivity index (χ1) is 12.6. The molecule has 5 nitrogen and oxygen atoms in total. The van der Waals surface area contributed by atoms with Crippen LogP contribution in [0, 0.1) is 5.82 Å². The van der Waals surface area contributed by atoms with Crippen molar-refractivity contribution in [1.82, 2.24) is 0 Å². The zero-order chi connectivity index (χ0) is 18.1. The van der Waals surface area contributed by atoms with E-state index in [1.807, 2.05) is 0 Å². The van der Waals surface area contributed by atoms with E-state index in [0.29, 0.717) is 11.1 Å². The molecule has 128 valence electrons. The summed E-state index contributed by atoms with van der Waals surface area (Å²) in [4.78, 5) is 24.3. The van der Waals surface area contributed by atoms with Crippen LogP contribution in [-0.4, -0.2) is 11.8 Å². The summed E-state index contributed by atoms with van der Waals surface area (Å²) in [6.07, 6.45) is 2.82. The van der Waals surface area contributed by atoms with E-state index in [1.54, 1.807) is 18.2 Å². The Morgan fingerprint density at radius 2 is 1.96 bits per heavy atom. The fourth-order valence-electron chi connectivity index (χ4n) is 2.53. The second-order valence-electron chi connectivity index (χ2n) is 5.52. The molecule has 1 aliphatic rings. The Kier molecular flexibility index (Phi) is 3.85. The first-order valence-electron chi connectivity index (χ1n) is 7.70. The first kappa shape index (κ1) is 15.8. The van der Waals surface area contributed by atoms with Gasteiger partial charge in [0.1, 0.15) is 17.3 Å². The second kappa shape index (κ2) is 6.33. The Hall–Kier alpha value is -3.67. The second-order valence-corrected chi connectivity index (χ2v) is 5.52. The average Bonchev–Trinajstić information content (AvgIpc) is 3.24. The Morgan fingerprint density at radius 3 is 2.73 bits per heavy atom. The van der Waals surface area contributed by atoms with Crippen LogP contribution >= 0.6 is 0 Å². The molecule has 4 rings (SSSR count). The highest BCUT2D eigenvalue weighted by atomic mass is 19.1. The van der Waals surface area contributed by atoms with Gasteiger partial charge in [-0.2, -0.15) is 0 Å². The van der Waals surface area contributed by atoms with E-state index < -0.39 is 11.8 Å². The van der Waals surface area contributed by atoms with Crippen molar-refractivity contribution in [1.29, 1.82) is 0 Å². The van der Waals surface area contributed by atoms with Gasteiger partial charge in [-0.15, -0.1) is 0 Å². The number of rotatable bonds is 3. The van der Waals surface area contributed by atoms with E-state index in [4.69, 9.17) is 13.9 Å². The Morgan fingerprint density at radius 1 is 1.08 bits per heavy atom. The quantitative estimate of drug-likeness (QED) is 0.401. The van der Waals surface area contributed by atoms with Crippen LogP contribution in [0.2, 0.25) is 0 Å². The molecule has 0 radical (unpaired) electrons. The summed E-state index contributed by atoms with van der Waals surface area (Å²) in [7, 11) is 0. The number of ketones is 1. The maximum atomic E-state index is 13.3. The van der Waals surface area contributed by atoms with E-state index in [-0.39, 0.29) is 28.8 Å². The minimum Gasteiger partial charge on any atom is -0.457 e. The van der Waals surface area contributed by atoms with Crippen LogP contribution in [0.1, 0.15) is 26.5 Å². The van der Waals surface area contributed by atoms with Crippen molar-refractivity contribution in [2.24, 2.45) is 0 Å². The van der Waals surface area contributed by atoms with Gasteiger partial charge < -0.3 is 13.9 Å². The van der Waals surface area contributed by atoms with Gasteiger partial charge in [-0.3, -0.25) is 4.79 Å². The summed E-state index contributed by atoms with van der Waals surface area (Å²) >= 11 is 0. The predicted octanol–water partition coefficient (Wildman–Crippen LogP) is 4.25. The SMILES string of the molecule is O=C(Oc1ccc2c(c1)OC(=Cc1cccc(F)c1)C2=O)c1ccco1. The zero-order valence-corrected chi connectivity index (χ0v) is 13.3. The van der Waals surface area contributed by atoms with E-state index in [1.165, 1.54) is 48.7 Å². The molecule has 0 bridgehead atoms. The predicted molar refractivity (Wildman–Crippen MR) is 89.4 cm³/mol. The van der Waals surface area contributed by atoms with Crippen LogP contribution in [0.4, 0.5) is 4.39 Å². The third kappa shape index (κ3) is 3.00. The fourth-order valence-corrected chi connectivity index (χ4v) is 2.53. The maximum Gasteiger partial charge on any atom is 0.379 e. The van der Waals surface area contributed by atoms with Crippen molar-refractivity contribution in [3.8, 4) is 11.5 Å². The zero-order valence-electron chi connectivity index (χ0n) is 13.3. The molecule has 0 unspecified atom stereocenters. The summed E-state index contributed by atoms with van der Waals surface area (Å²) in [5.74, 6) is -0.779. The van der Waals surface area contributed by atoms with Gasteiger partial charge in [-0.25, -0.2) is 9.18 Å². The van der Waals surface area contributed by atoms with Gasteiger partial charge in [-0.1, -0.05) is 12.1 Å². The molecule has 2 heterocycles. The van der Waals surface area contributed by atoms with Gasteiger partial charge in [0.15, 0.2) is 5.76 Å². The number of benzene rings is 2. The molecule has 26 heavy (non-hydrogen) atoms. The number of halogens is 1. The topological polar surface area (TPSA) is 65.7 Å². The molecule has 0 fully saturated rings. The van der Waals surface area contributed by atoms with E-state index in [0.717, 1.165) is 0 Å². The number of fused-ring (bicyclic) bond motifs is 1. The summed E-state index contributed by atoms with van der Waals surface area (Å²) in [6, 6.07) is 13.3. The molecule has 0 aliphatic carbocycles. The smallest absolute Gasteiger partial charge is 0.379 e.